The second kappa shape index (κ2) is 11.0. The van der Waals surface area contributed by atoms with E-state index in [0.717, 1.165) is 42.3 Å². The van der Waals surface area contributed by atoms with Gasteiger partial charge in [0, 0.05) is 18.9 Å². The Morgan fingerprint density at radius 1 is 1.17 bits per heavy atom. The Kier molecular flexibility index (Phi) is 7.44. The Labute approximate surface area is 210 Å². The van der Waals surface area contributed by atoms with Crippen LogP contribution in [0.15, 0.2) is 72.1 Å². The van der Waals surface area contributed by atoms with E-state index in [1.54, 1.807) is 0 Å². The summed E-state index contributed by atoms with van der Waals surface area (Å²) in [7, 11) is 0. The number of carbonyl (C=O) groups excluding carboxylic acids is 1. The number of hydrazone groups is 1. The highest BCUT2D eigenvalue weighted by atomic mass is 32.2. The molecular weight excluding hydrogens is 460 g/mol. The van der Waals surface area contributed by atoms with Crippen molar-refractivity contribution in [2.75, 3.05) is 12.4 Å². The van der Waals surface area contributed by atoms with Gasteiger partial charge in [-0.15, -0.1) is 0 Å². The van der Waals surface area contributed by atoms with Gasteiger partial charge in [0.1, 0.15) is 11.9 Å². The number of fused-ring (bicyclic) bond motifs is 3. The molecule has 1 fully saturated rings. The molecule has 3 aliphatic heterocycles. The zero-order chi connectivity index (χ0) is 24.0. The van der Waals surface area contributed by atoms with E-state index in [4.69, 9.17) is 4.74 Å². The normalized spacial score (nSPS) is 22.3. The van der Waals surface area contributed by atoms with Crippen LogP contribution in [0.1, 0.15) is 43.4 Å². The Morgan fingerprint density at radius 3 is 2.80 bits per heavy atom. The van der Waals surface area contributed by atoms with Gasteiger partial charge in [-0.1, -0.05) is 67.6 Å². The largest absolute Gasteiger partial charge is 0.494 e. The molecule has 0 radical (unpaired) electrons. The van der Waals surface area contributed by atoms with E-state index in [2.05, 4.69) is 68.6 Å². The number of hydrogen-bond donors (Lipinski definition) is 3. The van der Waals surface area contributed by atoms with Crippen LogP contribution in [-0.2, 0) is 11.3 Å². The third kappa shape index (κ3) is 5.57. The van der Waals surface area contributed by atoms with E-state index in [1.165, 1.54) is 17.3 Å². The molecule has 35 heavy (non-hydrogen) atoms. The molecule has 0 aliphatic carbocycles. The molecule has 0 aromatic heterocycles. The van der Waals surface area contributed by atoms with Crippen molar-refractivity contribution in [1.29, 1.82) is 0 Å². The lowest BCUT2D eigenvalue weighted by Gasteiger charge is -2.36. The molecule has 8 nitrogen and oxygen atoms in total. The highest BCUT2D eigenvalue weighted by molar-refractivity contribution is 8.14. The molecule has 3 N–H and O–H groups in total. The quantitative estimate of drug-likeness (QED) is 0.462. The van der Waals surface area contributed by atoms with Crippen LogP contribution in [0.3, 0.4) is 0 Å². The summed E-state index contributed by atoms with van der Waals surface area (Å²) in [4.78, 5) is 14.5. The van der Waals surface area contributed by atoms with Crippen molar-refractivity contribution in [2.24, 2.45) is 5.10 Å². The Hall–Kier alpha value is -3.17. The molecule has 3 atom stereocenters. The smallest absolute Gasteiger partial charge is 0.230 e. The van der Waals surface area contributed by atoms with Crippen LogP contribution in [0, 0.1) is 0 Å². The van der Waals surface area contributed by atoms with Crippen LogP contribution in [0.5, 0.6) is 5.75 Å². The van der Waals surface area contributed by atoms with Crippen molar-refractivity contribution in [3.63, 3.8) is 0 Å². The van der Waals surface area contributed by atoms with Gasteiger partial charge in [0.05, 0.1) is 24.4 Å². The Morgan fingerprint density at radius 2 is 2.00 bits per heavy atom. The molecular formula is C26H32N6O2S. The average molecular weight is 493 g/mol. The van der Waals surface area contributed by atoms with Crippen LogP contribution in [0.2, 0.25) is 0 Å². The standard InChI is InChI=1S/C26H32N6O2S/c1-2-3-15-34-21-11-9-20(10-12-21)22-16-23-25-28-29-26(31(25)13-14-32(23)30-22)35-18-24(33)27-17-19-7-5-4-6-8-19/h4-14,22-23,25,28,30H,2-3,15-18H2,1H3,(H,27,33). The van der Waals surface area contributed by atoms with Crippen molar-refractivity contribution in [3.05, 3.63) is 78.1 Å². The van der Waals surface area contributed by atoms with Crippen molar-refractivity contribution in [2.45, 2.75) is 51.0 Å². The number of hydrogen-bond acceptors (Lipinski definition) is 8. The molecule has 3 unspecified atom stereocenters. The summed E-state index contributed by atoms with van der Waals surface area (Å²) in [6.07, 6.45) is 7.26. The number of amidine groups is 1. The van der Waals surface area contributed by atoms with Crippen LogP contribution in [0.25, 0.3) is 0 Å². The van der Waals surface area contributed by atoms with Crippen LogP contribution in [0.4, 0.5) is 0 Å². The lowest BCUT2D eigenvalue weighted by atomic mass is 10.00. The summed E-state index contributed by atoms with van der Waals surface area (Å²) in [5.74, 6) is 1.24. The van der Waals surface area contributed by atoms with Crippen molar-refractivity contribution < 1.29 is 9.53 Å². The van der Waals surface area contributed by atoms with Gasteiger partial charge in [0.2, 0.25) is 5.91 Å². The van der Waals surface area contributed by atoms with Crippen molar-refractivity contribution in [1.82, 2.24) is 26.1 Å². The number of benzene rings is 2. The fraction of sp³-hybridized carbons (Fsp3) is 0.385. The van der Waals surface area contributed by atoms with E-state index in [0.29, 0.717) is 12.3 Å². The van der Waals surface area contributed by atoms with E-state index < -0.39 is 0 Å². The van der Waals surface area contributed by atoms with Gasteiger partial charge in [-0.25, -0.2) is 5.43 Å². The third-order valence-corrected chi connectivity index (χ3v) is 7.39. The monoisotopic (exact) mass is 492 g/mol. The molecule has 3 aliphatic rings. The Bertz CT molecular complexity index is 1060. The van der Waals surface area contributed by atoms with Crippen LogP contribution in [-0.4, -0.2) is 45.6 Å². The predicted octanol–water partition coefficient (Wildman–Crippen LogP) is 3.52. The lowest BCUT2D eigenvalue weighted by molar-refractivity contribution is -0.118. The first-order chi connectivity index (χ1) is 17.2. The third-order valence-electron chi connectivity index (χ3n) is 6.42. The maximum atomic E-state index is 12.3. The van der Waals surface area contributed by atoms with Crippen LogP contribution < -0.4 is 20.9 Å². The van der Waals surface area contributed by atoms with Gasteiger partial charge >= 0.3 is 0 Å². The summed E-state index contributed by atoms with van der Waals surface area (Å²) in [6.45, 7) is 3.46. The van der Waals surface area contributed by atoms with Crippen LogP contribution >= 0.6 is 11.8 Å². The molecule has 0 spiro atoms. The molecule has 2 aromatic carbocycles. The zero-order valence-electron chi connectivity index (χ0n) is 19.9. The number of unbranched alkanes of at least 4 members (excludes halogenated alkanes) is 1. The molecule has 3 heterocycles. The molecule has 1 amide bonds. The highest BCUT2D eigenvalue weighted by Gasteiger charge is 2.44. The van der Waals surface area contributed by atoms with Gasteiger partial charge in [-0.2, -0.15) is 5.10 Å². The second-order valence-corrected chi connectivity index (χ2v) is 9.83. The Balaban J connectivity index is 1.11. The summed E-state index contributed by atoms with van der Waals surface area (Å²) in [5, 5.41) is 10.5. The topological polar surface area (TPSA) is 81.2 Å². The fourth-order valence-electron chi connectivity index (χ4n) is 4.48. The SMILES string of the molecule is CCCCOc1ccc(C2CC3C4NN=C(SCC(=O)NCc5ccccc5)N4C=CN3N2)cc1. The first-order valence-corrected chi connectivity index (χ1v) is 13.2. The summed E-state index contributed by atoms with van der Waals surface area (Å²) < 4.78 is 5.80. The summed E-state index contributed by atoms with van der Waals surface area (Å²) >= 11 is 1.45. The van der Waals surface area contributed by atoms with Gasteiger partial charge in [-0.05, 0) is 36.1 Å². The zero-order valence-corrected chi connectivity index (χ0v) is 20.7. The molecule has 5 rings (SSSR count). The molecule has 1 saturated heterocycles. The maximum Gasteiger partial charge on any atom is 0.230 e. The number of thioether (sulfide) groups is 1. The van der Waals surface area contributed by atoms with E-state index >= 15 is 0 Å². The minimum Gasteiger partial charge on any atom is -0.494 e. The molecule has 9 heteroatoms. The van der Waals surface area contributed by atoms with Crippen molar-refractivity contribution >= 4 is 22.8 Å². The first kappa shape index (κ1) is 23.6. The molecule has 0 saturated carbocycles. The van der Waals surface area contributed by atoms with E-state index in [9.17, 15) is 4.79 Å². The van der Waals surface area contributed by atoms with Gasteiger partial charge < -0.3 is 20.0 Å². The number of carbonyl (C=O) groups is 1. The summed E-state index contributed by atoms with van der Waals surface area (Å²) in [5.41, 5.74) is 9.22. The first-order valence-electron chi connectivity index (χ1n) is 12.2. The molecule has 0 bridgehead atoms. The fourth-order valence-corrected chi connectivity index (χ4v) is 5.28. The van der Waals surface area contributed by atoms with Gasteiger partial charge in [0.25, 0.3) is 0 Å². The number of ether oxygens (including phenoxy) is 1. The predicted molar refractivity (Wildman–Crippen MR) is 139 cm³/mol. The van der Waals surface area contributed by atoms with Gasteiger partial charge in [-0.3, -0.25) is 10.2 Å². The number of nitrogens with one attached hydrogen (secondary N) is 3. The minimum atomic E-state index is -0.00247. The van der Waals surface area contributed by atoms with Crippen molar-refractivity contribution in [3.8, 4) is 5.75 Å². The van der Waals surface area contributed by atoms with E-state index in [1.807, 2.05) is 36.5 Å². The number of hydrazine groups is 1. The number of nitrogens with zero attached hydrogens (tertiary/aromatic N) is 3. The average Bonchev–Trinajstić information content (AvgIpc) is 3.51. The highest BCUT2D eigenvalue weighted by Crippen LogP contribution is 2.35. The maximum absolute atomic E-state index is 12.3. The second-order valence-electron chi connectivity index (χ2n) is 8.89. The van der Waals surface area contributed by atoms with E-state index in [-0.39, 0.29) is 24.2 Å². The summed E-state index contributed by atoms with van der Waals surface area (Å²) in [6, 6.07) is 18.8. The molecule has 184 valence electrons. The van der Waals surface area contributed by atoms with Gasteiger partial charge in [0.15, 0.2) is 5.17 Å². The number of amides is 1. The molecule has 2 aromatic rings. The lowest BCUT2D eigenvalue weighted by Crippen LogP contribution is -2.54. The minimum absolute atomic E-state index is 0.00247. The number of rotatable bonds is 9.